The lowest BCUT2D eigenvalue weighted by Crippen LogP contribution is -2.16. The van der Waals surface area contributed by atoms with Gasteiger partial charge in [-0.05, 0) is 31.4 Å². The first kappa shape index (κ1) is 27.6. The van der Waals surface area contributed by atoms with Crippen LogP contribution in [0.5, 0.6) is 0 Å². The number of benzene rings is 1. The first-order chi connectivity index (χ1) is 13.8. The smallest absolute Gasteiger partial charge is 0.339 e. The molecule has 2 atom stereocenters. The third kappa shape index (κ3) is 14.2. The molecule has 8 nitrogen and oxygen atoms in total. The number of rotatable bonds is 12. The van der Waals surface area contributed by atoms with Crippen LogP contribution in [0.3, 0.4) is 0 Å². The molecule has 0 aliphatic carbocycles. The summed E-state index contributed by atoms with van der Waals surface area (Å²) in [6.07, 6.45) is 2.73. The van der Waals surface area contributed by atoms with Crippen molar-refractivity contribution in [2.24, 2.45) is 0 Å². The van der Waals surface area contributed by atoms with E-state index in [9.17, 15) is 9.59 Å². The van der Waals surface area contributed by atoms with Gasteiger partial charge in [-0.1, -0.05) is 35.3 Å². The van der Waals surface area contributed by atoms with Crippen molar-refractivity contribution < 1.29 is 39.5 Å². The Kier molecular flexibility index (Phi) is 16.6. The third-order valence-corrected chi connectivity index (χ3v) is 3.80. The Morgan fingerprint density at radius 1 is 0.793 bits per heavy atom. The van der Waals surface area contributed by atoms with Gasteiger partial charge in [0.15, 0.2) is 0 Å². The van der Waals surface area contributed by atoms with Crippen molar-refractivity contribution in [3.05, 3.63) is 35.4 Å². The second-order valence-electron chi connectivity index (χ2n) is 5.77. The summed E-state index contributed by atoms with van der Waals surface area (Å²) in [5.41, 5.74) is -2.11. The lowest BCUT2D eigenvalue weighted by atomic mass is 10.1. The van der Waals surface area contributed by atoms with Crippen LogP contribution in [0.15, 0.2) is 24.3 Å². The summed E-state index contributed by atoms with van der Waals surface area (Å²) in [7, 11) is 0. The van der Waals surface area contributed by atoms with Gasteiger partial charge < -0.3 is 29.9 Å². The molecule has 0 saturated carbocycles. The zero-order valence-corrected chi connectivity index (χ0v) is 17.5. The van der Waals surface area contributed by atoms with Crippen LogP contribution in [0.4, 0.5) is 0 Å². The molecule has 0 aromatic heterocycles. The molecular formula is C19H28Cl2O8. The zero-order valence-electron chi connectivity index (χ0n) is 16.0. The minimum absolute atomic E-state index is 0.0444. The number of carbonyl (C=O) groups excluding carboxylic acids is 2. The lowest BCUT2D eigenvalue weighted by molar-refractivity contribution is 0.0422. The van der Waals surface area contributed by atoms with Crippen molar-refractivity contribution in [3.8, 4) is 0 Å². The molecule has 0 fully saturated rings. The fourth-order valence-corrected chi connectivity index (χ4v) is 2.07. The molecule has 29 heavy (non-hydrogen) atoms. The number of ether oxygens (including phenoxy) is 2. The highest BCUT2D eigenvalue weighted by molar-refractivity contribution is 6.19. The Morgan fingerprint density at radius 2 is 1.17 bits per heavy atom. The number of hydrogen-bond donors (Lipinski definition) is 4. The zero-order chi connectivity index (χ0) is 22.1. The second-order valence-corrected chi connectivity index (χ2v) is 6.78. The van der Waals surface area contributed by atoms with E-state index in [0.29, 0.717) is 0 Å². The number of unbranched alkanes of at least 4 members (excludes halogenated alkanes) is 2. The lowest BCUT2D eigenvalue weighted by Gasteiger charge is -2.10. The van der Waals surface area contributed by atoms with E-state index in [2.05, 4.69) is 0 Å². The van der Waals surface area contributed by atoms with Gasteiger partial charge in [0.1, 0.15) is 11.1 Å². The van der Waals surface area contributed by atoms with Gasteiger partial charge >= 0.3 is 11.9 Å². The minimum atomic E-state index is -1.10. The Bertz CT molecular complexity index is 532. The fourth-order valence-electron chi connectivity index (χ4n) is 1.89. The van der Waals surface area contributed by atoms with E-state index in [0.717, 1.165) is 19.3 Å². The van der Waals surface area contributed by atoms with Gasteiger partial charge in [0.25, 0.3) is 0 Å². The number of aliphatic hydroxyl groups is 4. The van der Waals surface area contributed by atoms with Gasteiger partial charge in [-0.25, -0.2) is 9.59 Å². The third-order valence-electron chi connectivity index (χ3n) is 3.36. The van der Waals surface area contributed by atoms with Crippen LogP contribution in [0.2, 0.25) is 0 Å². The molecule has 1 aromatic carbocycles. The van der Waals surface area contributed by atoms with Crippen LogP contribution in [0.25, 0.3) is 0 Å². The van der Waals surface area contributed by atoms with Gasteiger partial charge in [-0.3, -0.25) is 0 Å². The van der Waals surface area contributed by atoms with E-state index in [-0.39, 0.29) is 50.4 Å². The number of esters is 2. The van der Waals surface area contributed by atoms with Crippen LogP contribution >= 0.6 is 23.2 Å². The van der Waals surface area contributed by atoms with Crippen LogP contribution in [-0.4, -0.2) is 69.9 Å². The average molecular weight is 455 g/mol. The highest BCUT2D eigenvalue weighted by atomic mass is 35.5. The van der Waals surface area contributed by atoms with Crippen LogP contribution in [0.1, 0.15) is 52.8 Å². The maximum atomic E-state index is 11.9. The minimum Gasteiger partial charge on any atom is -0.462 e. The molecule has 166 valence electrons. The molecule has 2 unspecified atom stereocenters. The Labute approximate surface area is 180 Å². The van der Waals surface area contributed by atoms with E-state index in [4.69, 9.17) is 53.1 Å². The maximum absolute atomic E-state index is 11.9. The fraction of sp³-hybridized carbons (Fsp3) is 0.579. The van der Waals surface area contributed by atoms with Gasteiger partial charge in [-0.2, -0.15) is 0 Å². The van der Waals surface area contributed by atoms with E-state index < -0.39 is 23.1 Å². The summed E-state index contributed by atoms with van der Waals surface area (Å²) in [5.74, 6) is -1.44. The van der Waals surface area contributed by atoms with E-state index in [1.54, 1.807) is 12.1 Å². The highest BCUT2D eigenvalue weighted by Crippen LogP contribution is 2.13. The molecule has 0 aliphatic rings. The van der Waals surface area contributed by atoms with Crippen LogP contribution in [-0.2, 0) is 9.47 Å². The molecule has 0 aliphatic heterocycles. The summed E-state index contributed by atoms with van der Waals surface area (Å²) in [6, 6.07) is 6.00. The van der Waals surface area contributed by atoms with Crippen molar-refractivity contribution in [1.82, 2.24) is 0 Å². The molecule has 0 amide bonds. The molecule has 1 rings (SSSR count). The molecule has 0 bridgehead atoms. The van der Waals surface area contributed by atoms with Gasteiger partial charge in [-0.15, -0.1) is 0 Å². The van der Waals surface area contributed by atoms with Crippen LogP contribution < -0.4 is 0 Å². The number of carbonyl (C=O) groups is 2. The van der Waals surface area contributed by atoms with Gasteiger partial charge in [0.05, 0.1) is 24.3 Å². The van der Waals surface area contributed by atoms with Gasteiger partial charge in [0.2, 0.25) is 0 Å². The van der Waals surface area contributed by atoms with Crippen LogP contribution in [0, 0.1) is 0 Å². The largest absolute Gasteiger partial charge is 0.462 e. The molecule has 4 N–H and O–H groups in total. The standard InChI is InChI=1S/C14H16Cl2O6.C5H12O2/c15-11(17)5-7-21-13(19)9-3-1-2-4-10(9)14(20)22-8-6-12(16)18;6-4-2-1-3-5-7/h1-4,11-12,17-18H,5-8H2;6-7H,1-5H2. The molecule has 0 heterocycles. The van der Waals surface area contributed by atoms with Crippen molar-refractivity contribution in [1.29, 1.82) is 0 Å². The van der Waals surface area contributed by atoms with Crippen molar-refractivity contribution in [2.45, 2.75) is 43.2 Å². The van der Waals surface area contributed by atoms with E-state index in [1.165, 1.54) is 12.1 Å². The summed E-state index contributed by atoms with van der Waals surface area (Å²) < 4.78 is 9.84. The topological polar surface area (TPSA) is 134 Å². The molecule has 0 radical (unpaired) electrons. The summed E-state index contributed by atoms with van der Waals surface area (Å²) in [5, 5.41) is 34.2. The normalized spacial score (nSPS) is 12.3. The Hall–Kier alpha value is -1.42. The summed E-state index contributed by atoms with van der Waals surface area (Å²) in [6.45, 7) is 0.344. The molecule has 0 saturated heterocycles. The number of aliphatic hydroxyl groups excluding tert-OH is 4. The summed E-state index contributed by atoms with van der Waals surface area (Å²) in [4.78, 5) is 23.8. The maximum Gasteiger partial charge on any atom is 0.339 e. The Morgan fingerprint density at radius 3 is 1.48 bits per heavy atom. The van der Waals surface area contributed by atoms with Crippen molar-refractivity contribution in [2.75, 3.05) is 26.4 Å². The quantitative estimate of drug-likeness (QED) is 0.214. The second kappa shape index (κ2) is 17.4. The molecule has 0 spiro atoms. The molecular weight excluding hydrogens is 427 g/mol. The SMILES string of the molecule is O=C(OCCC(O)Cl)c1ccccc1C(=O)OCCC(O)Cl.OCCCCCO. The van der Waals surface area contributed by atoms with Gasteiger partial charge in [0, 0.05) is 26.1 Å². The van der Waals surface area contributed by atoms with Crippen molar-refractivity contribution >= 4 is 35.1 Å². The predicted octanol–water partition coefficient (Wildman–Crippen LogP) is 2.04. The first-order valence-corrected chi connectivity index (χ1v) is 10.00. The summed E-state index contributed by atoms with van der Waals surface area (Å²) >= 11 is 10.7. The highest BCUT2D eigenvalue weighted by Gasteiger charge is 2.19. The monoisotopic (exact) mass is 454 g/mol. The Balaban J connectivity index is 0.000000956. The molecule has 10 heteroatoms. The number of alkyl halides is 2. The predicted molar refractivity (Wildman–Crippen MR) is 108 cm³/mol. The average Bonchev–Trinajstić information content (AvgIpc) is 2.68. The number of halogens is 2. The number of hydrogen-bond acceptors (Lipinski definition) is 8. The van der Waals surface area contributed by atoms with E-state index in [1.807, 2.05) is 0 Å². The van der Waals surface area contributed by atoms with Crippen molar-refractivity contribution in [3.63, 3.8) is 0 Å². The van der Waals surface area contributed by atoms with E-state index >= 15 is 0 Å². The molecule has 1 aromatic rings. The first-order valence-electron chi connectivity index (χ1n) is 9.12.